The van der Waals surface area contributed by atoms with Crippen LogP contribution in [-0.4, -0.2) is 63.8 Å². The van der Waals surface area contributed by atoms with Gasteiger partial charge in [-0.05, 0) is 32.0 Å². The number of carbonyl (C=O) groups excluding carboxylic acids is 1. The van der Waals surface area contributed by atoms with E-state index in [1.54, 1.807) is 12.1 Å². The van der Waals surface area contributed by atoms with Crippen LogP contribution >= 0.6 is 24.0 Å². The highest BCUT2D eigenvalue weighted by Crippen LogP contribution is 2.36. The van der Waals surface area contributed by atoms with E-state index in [1.807, 2.05) is 6.92 Å². The highest BCUT2D eigenvalue weighted by molar-refractivity contribution is 6.32. The smallest absolute Gasteiger partial charge is 0.251 e. The van der Waals surface area contributed by atoms with Crippen LogP contribution in [0.25, 0.3) is 0 Å². The van der Waals surface area contributed by atoms with Gasteiger partial charge < -0.3 is 25.0 Å². The Labute approximate surface area is 160 Å². The summed E-state index contributed by atoms with van der Waals surface area (Å²) in [5.74, 6) is 0.783. The fourth-order valence-electron chi connectivity index (χ4n) is 2.68. The minimum Gasteiger partial charge on any atom is -0.493 e. The van der Waals surface area contributed by atoms with Crippen molar-refractivity contribution >= 4 is 29.9 Å². The Hall–Kier alpha value is -1.21. The lowest BCUT2D eigenvalue weighted by Gasteiger charge is -2.27. The molecule has 2 rings (SSSR count). The van der Waals surface area contributed by atoms with Gasteiger partial charge in [0.05, 0.1) is 18.7 Å². The second kappa shape index (κ2) is 11.4. The molecule has 1 heterocycles. The van der Waals surface area contributed by atoms with E-state index in [1.165, 1.54) is 7.11 Å². The van der Waals surface area contributed by atoms with Crippen molar-refractivity contribution in [1.29, 1.82) is 0 Å². The van der Waals surface area contributed by atoms with Gasteiger partial charge in [-0.1, -0.05) is 11.6 Å². The van der Waals surface area contributed by atoms with Crippen LogP contribution in [0.15, 0.2) is 12.1 Å². The summed E-state index contributed by atoms with van der Waals surface area (Å²) in [5.41, 5.74) is 0.475. The van der Waals surface area contributed by atoms with Crippen LogP contribution in [-0.2, 0) is 0 Å². The summed E-state index contributed by atoms with van der Waals surface area (Å²) < 4.78 is 10.7. The molecule has 0 aromatic heterocycles. The van der Waals surface area contributed by atoms with Gasteiger partial charge in [0.25, 0.3) is 5.91 Å². The molecular weight excluding hydrogens is 365 g/mol. The van der Waals surface area contributed by atoms with Gasteiger partial charge in [-0.3, -0.25) is 4.79 Å². The molecule has 2 N–H and O–H groups in total. The predicted octanol–water partition coefficient (Wildman–Crippen LogP) is 2.19. The van der Waals surface area contributed by atoms with E-state index in [0.29, 0.717) is 35.2 Å². The molecule has 1 aromatic carbocycles. The molecule has 0 unspecified atom stereocenters. The molecule has 0 bridgehead atoms. The molecule has 0 atom stereocenters. The Morgan fingerprint density at radius 3 is 2.72 bits per heavy atom. The van der Waals surface area contributed by atoms with Crippen LogP contribution in [0.3, 0.4) is 0 Å². The number of hydrogen-bond donors (Lipinski definition) is 2. The molecule has 1 aliphatic heterocycles. The number of carbonyl (C=O) groups is 1. The Balaban J connectivity index is 0.00000312. The molecule has 1 amide bonds. The molecule has 1 aliphatic rings. The van der Waals surface area contributed by atoms with E-state index in [9.17, 15) is 4.79 Å². The van der Waals surface area contributed by atoms with E-state index in [4.69, 9.17) is 21.1 Å². The number of nitrogens with zero attached hydrogens (tertiary/aromatic N) is 1. The fourth-order valence-corrected chi connectivity index (χ4v) is 2.94. The SMILES string of the molecule is CCOc1c(Cl)cc(C(=O)NCCCN2CCNCC2)cc1OC.Cl. The number of benzene rings is 1. The van der Waals surface area contributed by atoms with E-state index in [0.717, 1.165) is 39.1 Å². The summed E-state index contributed by atoms with van der Waals surface area (Å²) in [6.45, 7) is 8.20. The summed E-state index contributed by atoms with van der Waals surface area (Å²) in [5, 5.41) is 6.64. The van der Waals surface area contributed by atoms with Gasteiger partial charge in [-0.25, -0.2) is 0 Å². The number of methoxy groups -OCH3 is 1. The molecule has 0 aliphatic carbocycles. The van der Waals surface area contributed by atoms with Crippen molar-refractivity contribution in [2.75, 3.05) is 53.0 Å². The molecule has 1 saturated heterocycles. The van der Waals surface area contributed by atoms with E-state index in [2.05, 4.69) is 15.5 Å². The number of amides is 1. The van der Waals surface area contributed by atoms with Gasteiger partial charge in [-0.2, -0.15) is 0 Å². The van der Waals surface area contributed by atoms with Gasteiger partial charge in [0.2, 0.25) is 0 Å². The van der Waals surface area contributed by atoms with Crippen LogP contribution in [0, 0.1) is 0 Å². The third kappa shape index (κ3) is 6.55. The second-order valence-electron chi connectivity index (χ2n) is 5.62. The summed E-state index contributed by atoms with van der Waals surface area (Å²) in [4.78, 5) is 14.7. The van der Waals surface area contributed by atoms with E-state index in [-0.39, 0.29) is 18.3 Å². The number of hydrogen-bond acceptors (Lipinski definition) is 5. The monoisotopic (exact) mass is 391 g/mol. The Morgan fingerprint density at radius 2 is 2.08 bits per heavy atom. The zero-order valence-corrected chi connectivity index (χ0v) is 16.3. The number of halogens is 2. The molecule has 6 nitrogen and oxygen atoms in total. The van der Waals surface area contributed by atoms with Gasteiger partial charge in [0.15, 0.2) is 11.5 Å². The first kappa shape index (κ1) is 21.8. The first-order chi connectivity index (χ1) is 11.7. The third-order valence-corrected chi connectivity index (χ3v) is 4.21. The summed E-state index contributed by atoms with van der Waals surface area (Å²) in [6, 6.07) is 3.27. The van der Waals surface area contributed by atoms with Crippen molar-refractivity contribution in [2.45, 2.75) is 13.3 Å². The summed E-state index contributed by atoms with van der Waals surface area (Å²) in [6.07, 6.45) is 0.924. The lowest BCUT2D eigenvalue weighted by molar-refractivity contribution is 0.0951. The van der Waals surface area contributed by atoms with Crippen LogP contribution in [0.4, 0.5) is 0 Å². The van der Waals surface area contributed by atoms with Crippen LogP contribution in [0.2, 0.25) is 5.02 Å². The lowest BCUT2D eigenvalue weighted by Crippen LogP contribution is -2.44. The highest BCUT2D eigenvalue weighted by atomic mass is 35.5. The first-order valence-electron chi connectivity index (χ1n) is 8.37. The second-order valence-corrected chi connectivity index (χ2v) is 6.03. The van der Waals surface area contributed by atoms with Crippen molar-refractivity contribution in [3.8, 4) is 11.5 Å². The molecule has 1 fully saturated rings. The molecule has 1 aromatic rings. The van der Waals surface area contributed by atoms with E-state index >= 15 is 0 Å². The van der Waals surface area contributed by atoms with Crippen LogP contribution in [0.5, 0.6) is 11.5 Å². The Kier molecular flexibility index (Phi) is 9.97. The topological polar surface area (TPSA) is 62.8 Å². The largest absolute Gasteiger partial charge is 0.493 e. The molecule has 25 heavy (non-hydrogen) atoms. The number of piperazine rings is 1. The highest BCUT2D eigenvalue weighted by Gasteiger charge is 2.15. The molecule has 8 heteroatoms. The third-order valence-electron chi connectivity index (χ3n) is 3.93. The van der Waals surface area contributed by atoms with Gasteiger partial charge in [0, 0.05) is 38.3 Å². The van der Waals surface area contributed by atoms with Crippen molar-refractivity contribution in [2.24, 2.45) is 0 Å². The maximum absolute atomic E-state index is 12.3. The molecular formula is C17H27Cl2N3O3. The fraction of sp³-hybridized carbons (Fsp3) is 0.588. The van der Waals surface area contributed by atoms with Crippen molar-refractivity contribution in [3.05, 3.63) is 22.7 Å². The number of rotatable bonds is 8. The van der Waals surface area contributed by atoms with E-state index < -0.39 is 0 Å². The standard InChI is InChI=1S/C17H26ClN3O3.ClH/c1-3-24-16-14(18)11-13(12-15(16)23-2)17(22)20-5-4-8-21-9-6-19-7-10-21;/h11-12,19H,3-10H2,1-2H3,(H,20,22);1H. The molecule has 0 saturated carbocycles. The zero-order valence-electron chi connectivity index (χ0n) is 14.8. The predicted molar refractivity (Wildman–Crippen MR) is 103 cm³/mol. The first-order valence-corrected chi connectivity index (χ1v) is 8.75. The summed E-state index contributed by atoms with van der Waals surface area (Å²) in [7, 11) is 1.53. The molecule has 0 radical (unpaired) electrons. The van der Waals surface area contributed by atoms with Gasteiger partial charge >= 0.3 is 0 Å². The summed E-state index contributed by atoms with van der Waals surface area (Å²) >= 11 is 6.20. The van der Waals surface area contributed by atoms with Crippen molar-refractivity contribution in [1.82, 2.24) is 15.5 Å². The lowest BCUT2D eigenvalue weighted by atomic mass is 10.2. The number of ether oxygens (including phenoxy) is 2. The van der Waals surface area contributed by atoms with Crippen molar-refractivity contribution in [3.63, 3.8) is 0 Å². The van der Waals surface area contributed by atoms with Crippen LogP contribution < -0.4 is 20.1 Å². The van der Waals surface area contributed by atoms with Crippen molar-refractivity contribution < 1.29 is 14.3 Å². The Bertz CT molecular complexity index is 552. The quantitative estimate of drug-likeness (QED) is 0.665. The maximum Gasteiger partial charge on any atom is 0.251 e. The normalized spacial score (nSPS) is 14.5. The average Bonchev–Trinajstić information content (AvgIpc) is 2.61. The van der Waals surface area contributed by atoms with Gasteiger partial charge in [0.1, 0.15) is 0 Å². The van der Waals surface area contributed by atoms with Gasteiger partial charge in [-0.15, -0.1) is 12.4 Å². The maximum atomic E-state index is 12.3. The molecule has 142 valence electrons. The minimum absolute atomic E-state index is 0. The Morgan fingerprint density at radius 1 is 1.36 bits per heavy atom. The van der Waals surface area contributed by atoms with Crippen LogP contribution in [0.1, 0.15) is 23.7 Å². The number of nitrogens with one attached hydrogen (secondary N) is 2. The molecule has 0 spiro atoms. The minimum atomic E-state index is -0.154. The average molecular weight is 392 g/mol. The zero-order chi connectivity index (χ0) is 17.4.